The standard InChI is InChI=1S/C18H35N/c1-6-9-10-11-15-19(5)16-12-14-18(8-3)17(4)13-7-2/h13-14H,6-12,15-16H2,1-5H3/b17-13+,18-14+. The van der Waals surface area contributed by atoms with Gasteiger partial charge in [0, 0.05) is 6.54 Å². The van der Waals surface area contributed by atoms with E-state index in [1.54, 1.807) is 0 Å². The van der Waals surface area contributed by atoms with Crippen LogP contribution in [-0.2, 0) is 0 Å². The van der Waals surface area contributed by atoms with Gasteiger partial charge in [-0.1, -0.05) is 57.8 Å². The first kappa shape index (κ1) is 18.4. The molecule has 0 heterocycles. The third kappa shape index (κ3) is 9.95. The van der Waals surface area contributed by atoms with Crippen LogP contribution in [0.25, 0.3) is 0 Å². The maximum absolute atomic E-state index is 2.47. The van der Waals surface area contributed by atoms with Crippen LogP contribution in [0.15, 0.2) is 23.3 Å². The summed E-state index contributed by atoms with van der Waals surface area (Å²) in [4.78, 5) is 2.47. The highest BCUT2D eigenvalue weighted by atomic mass is 15.1. The van der Waals surface area contributed by atoms with Crippen LogP contribution >= 0.6 is 0 Å². The smallest absolute Gasteiger partial charge is 0.00131 e. The van der Waals surface area contributed by atoms with Crippen LogP contribution in [0.3, 0.4) is 0 Å². The minimum atomic E-state index is 1.14. The predicted molar refractivity (Wildman–Crippen MR) is 88.7 cm³/mol. The Labute approximate surface area is 121 Å². The van der Waals surface area contributed by atoms with E-state index in [2.05, 4.69) is 51.8 Å². The molecule has 1 heteroatoms. The summed E-state index contributed by atoms with van der Waals surface area (Å²) in [6, 6.07) is 0. The van der Waals surface area contributed by atoms with E-state index in [4.69, 9.17) is 0 Å². The van der Waals surface area contributed by atoms with Crippen molar-refractivity contribution in [3.05, 3.63) is 23.3 Å². The Balaban J connectivity index is 3.93. The molecule has 0 saturated heterocycles. The van der Waals surface area contributed by atoms with E-state index in [0.717, 1.165) is 12.8 Å². The van der Waals surface area contributed by atoms with Crippen LogP contribution in [0.5, 0.6) is 0 Å². The van der Waals surface area contributed by atoms with Gasteiger partial charge >= 0.3 is 0 Å². The van der Waals surface area contributed by atoms with E-state index >= 15 is 0 Å². The number of unbranched alkanes of at least 4 members (excludes halogenated alkanes) is 3. The highest BCUT2D eigenvalue weighted by Gasteiger charge is 1.99. The van der Waals surface area contributed by atoms with Crippen molar-refractivity contribution in [2.24, 2.45) is 0 Å². The predicted octanol–water partition coefficient (Wildman–Crippen LogP) is 5.58. The summed E-state index contributed by atoms with van der Waals surface area (Å²) >= 11 is 0. The number of rotatable bonds is 11. The molecule has 0 aliphatic heterocycles. The summed E-state index contributed by atoms with van der Waals surface area (Å²) in [5.74, 6) is 0. The second-order valence-corrected chi connectivity index (χ2v) is 5.53. The minimum absolute atomic E-state index is 1.14. The molecular formula is C18H35N. The molecule has 0 aromatic carbocycles. The first-order valence-electron chi connectivity index (χ1n) is 8.20. The fourth-order valence-corrected chi connectivity index (χ4v) is 2.40. The molecule has 0 saturated carbocycles. The lowest BCUT2D eigenvalue weighted by Gasteiger charge is -2.15. The second kappa shape index (κ2) is 12.5. The van der Waals surface area contributed by atoms with Crippen molar-refractivity contribution >= 4 is 0 Å². The lowest BCUT2D eigenvalue weighted by molar-refractivity contribution is 0.330. The van der Waals surface area contributed by atoms with Crippen LogP contribution in [0, 0.1) is 0 Å². The van der Waals surface area contributed by atoms with Crippen molar-refractivity contribution in [3.63, 3.8) is 0 Å². The molecule has 0 aliphatic rings. The van der Waals surface area contributed by atoms with Crippen molar-refractivity contribution in [2.75, 3.05) is 20.1 Å². The number of nitrogens with zero attached hydrogens (tertiary/aromatic N) is 1. The van der Waals surface area contributed by atoms with Gasteiger partial charge in [-0.2, -0.15) is 0 Å². The fourth-order valence-electron chi connectivity index (χ4n) is 2.40. The monoisotopic (exact) mass is 265 g/mol. The number of hydrogen-bond acceptors (Lipinski definition) is 1. The van der Waals surface area contributed by atoms with Crippen LogP contribution in [0.4, 0.5) is 0 Å². The van der Waals surface area contributed by atoms with Crippen molar-refractivity contribution in [3.8, 4) is 0 Å². The summed E-state index contributed by atoms with van der Waals surface area (Å²) in [5.41, 5.74) is 3.00. The molecule has 0 bridgehead atoms. The topological polar surface area (TPSA) is 3.24 Å². The van der Waals surface area contributed by atoms with Gasteiger partial charge in [0.2, 0.25) is 0 Å². The SMILES string of the molecule is CC/C=C(C)/C(=C/CCN(C)CCCCCC)CC. The van der Waals surface area contributed by atoms with E-state index in [-0.39, 0.29) is 0 Å². The molecule has 0 radical (unpaired) electrons. The lowest BCUT2D eigenvalue weighted by atomic mass is 10.0. The van der Waals surface area contributed by atoms with Gasteiger partial charge in [-0.15, -0.1) is 0 Å². The molecule has 0 fully saturated rings. The molecule has 0 aliphatic carbocycles. The van der Waals surface area contributed by atoms with Crippen molar-refractivity contribution in [1.29, 1.82) is 0 Å². The zero-order chi connectivity index (χ0) is 14.5. The highest BCUT2D eigenvalue weighted by molar-refractivity contribution is 5.28. The Morgan fingerprint density at radius 2 is 1.68 bits per heavy atom. The molecule has 0 aromatic heterocycles. The van der Waals surface area contributed by atoms with Gasteiger partial charge in [-0.05, 0) is 51.8 Å². The molecule has 112 valence electrons. The van der Waals surface area contributed by atoms with Gasteiger partial charge in [0.15, 0.2) is 0 Å². The minimum Gasteiger partial charge on any atom is -0.306 e. The second-order valence-electron chi connectivity index (χ2n) is 5.53. The number of hydrogen-bond donors (Lipinski definition) is 0. The van der Waals surface area contributed by atoms with Crippen LogP contribution in [0.2, 0.25) is 0 Å². The molecule has 0 rings (SSSR count). The van der Waals surface area contributed by atoms with Crippen molar-refractivity contribution in [1.82, 2.24) is 4.90 Å². The average Bonchev–Trinajstić information content (AvgIpc) is 2.40. The van der Waals surface area contributed by atoms with Gasteiger partial charge in [0.05, 0.1) is 0 Å². The molecule has 0 spiro atoms. The van der Waals surface area contributed by atoms with E-state index in [1.807, 2.05) is 0 Å². The van der Waals surface area contributed by atoms with Gasteiger partial charge < -0.3 is 4.90 Å². The summed E-state index contributed by atoms with van der Waals surface area (Å²) < 4.78 is 0. The Kier molecular flexibility index (Phi) is 12.1. The molecule has 0 amide bonds. The summed E-state index contributed by atoms with van der Waals surface area (Å²) in [6.07, 6.45) is 13.7. The Bertz CT molecular complexity index is 263. The molecule has 0 N–H and O–H groups in total. The van der Waals surface area contributed by atoms with Gasteiger partial charge in [-0.25, -0.2) is 0 Å². The summed E-state index contributed by atoms with van der Waals surface area (Å²) in [7, 11) is 2.25. The lowest BCUT2D eigenvalue weighted by Crippen LogP contribution is -2.20. The van der Waals surface area contributed by atoms with E-state index in [1.165, 1.54) is 56.3 Å². The Hall–Kier alpha value is -0.560. The molecule has 19 heavy (non-hydrogen) atoms. The van der Waals surface area contributed by atoms with Crippen molar-refractivity contribution in [2.45, 2.75) is 72.6 Å². The van der Waals surface area contributed by atoms with Crippen LogP contribution in [0.1, 0.15) is 72.6 Å². The zero-order valence-electron chi connectivity index (χ0n) is 14.0. The summed E-state index contributed by atoms with van der Waals surface area (Å²) in [5, 5.41) is 0. The van der Waals surface area contributed by atoms with E-state index < -0.39 is 0 Å². The van der Waals surface area contributed by atoms with Gasteiger partial charge in [-0.3, -0.25) is 0 Å². The molecule has 0 atom stereocenters. The van der Waals surface area contributed by atoms with Crippen LogP contribution < -0.4 is 0 Å². The quantitative estimate of drug-likeness (QED) is 0.348. The maximum Gasteiger partial charge on any atom is 0.00131 e. The average molecular weight is 265 g/mol. The maximum atomic E-state index is 2.47. The van der Waals surface area contributed by atoms with E-state index in [9.17, 15) is 0 Å². The molecule has 1 nitrogen and oxygen atoms in total. The highest BCUT2D eigenvalue weighted by Crippen LogP contribution is 2.14. The first-order chi connectivity index (χ1) is 9.15. The third-order valence-electron chi connectivity index (χ3n) is 3.69. The largest absolute Gasteiger partial charge is 0.306 e. The Morgan fingerprint density at radius 3 is 2.26 bits per heavy atom. The third-order valence-corrected chi connectivity index (χ3v) is 3.69. The normalized spacial score (nSPS) is 13.4. The Morgan fingerprint density at radius 1 is 0.947 bits per heavy atom. The van der Waals surface area contributed by atoms with E-state index in [0.29, 0.717) is 0 Å². The number of allylic oxidation sites excluding steroid dienone is 3. The first-order valence-corrected chi connectivity index (χ1v) is 8.20. The van der Waals surface area contributed by atoms with Gasteiger partial charge in [0.1, 0.15) is 0 Å². The van der Waals surface area contributed by atoms with Crippen molar-refractivity contribution < 1.29 is 0 Å². The zero-order valence-corrected chi connectivity index (χ0v) is 14.0. The molecule has 0 unspecified atom stereocenters. The molecule has 0 aromatic rings. The molecular weight excluding hydrogens is 230 g/mol. The van der Waals surface area contributed by atoms with Gasteiger partial charge in [0.25, 0.3) is 0 Å². The van der Waals surface area contributed by atoms with Crippen LogP contribution in [-0.4, -0.2) is 25.0 Å². The summed E-state index contributed by atoms with van der Waals surface area (Å²) in [6.45, 7) is 11.4. The fraction of sp³-hybridized carbons (Fsp3) is 0.778.